The third-order valence-corrected chi connectivity index (χ3v) is 3.72. The second kappa shape index (κ2) is 7.76. The van der Waals surface area contributed by atoms with E-state index in [2.05, 4.69) is 5.32 Å². The lowest BCUT2D eigenvalue weighted by molar-refractivity contribution is -0.143. The first-order valence-electron chi connectivity index (χ1n) is 6.97. The van der Waals surface area contributed by atoms with E-state index in [1.54, 1.807) is 42.5 Å². The van der Waals surface area contributed by atoms with Gasteiger partial charge in [0.1, 0.15) is 6.04 Å². The van der Waals surface area contributed by atoms with E-state index in [9.17, 15) is 9.59 Å². The van der Waals surface area contributed by atoms with Crippen molar-refractivity contribution in [2.75, 3.05) is 7.11 Å². The maximum atomic E-state index is 12.0. The minimum Gasteiger partial charge on any atom is -0.468 e. The van der Waals surface area contributed by atoms with E-state index >= 15 is 0 Å². The van der Waals surface area contributed by atoms with Crippen LogP contribution in [-0.2, 0) is 16.1 Å². The zero-order chi connectivity index (χ0) is 16.8. The van der Waals surface area contributed by atoms with Gasteiger partial charge in [0, 0.05) is 17.1 Å². The number of primary amides is 1. The van der Waals surface area contributed by atoms with Crippen molar-refractivity contribution >= 4 is 23.5 Å². The zero-order valence-electron chi connectivity index (χ0n) is 12.6. The lowest BCUT2D eigenvalue weighted by Crippen LogP contribution is -2.29. The number of nitrogens with one attached hydrogen (secondary N) is 1. The molecule has 0 radical (unpaired) electrons. The maximum Gasteiger partial charge on any atom is 0.327 e. The van der Waals surface area contributed by atoms with Crippen molar-refractivity contribution in [3.63, 3.8) is 0 Å². The average molecular weight is 333 g/mol. The normalized spacial score (nSPS) is 11.7. The Bertz CT molecular complexity index is 718. The van der Waals surface area contributed by atoms with E-state index in [1.807, 2.05) is 6.07 Å². The standard InChI is InChI=1S/C17H17ClN2O3/c1-23-17(22)15(13-7-2-3-8-14(13)18)20-10-11-5-4-6-12(9-11)16(19)21/h2-9,15,20H,10H2,1H3,(H2,19,21). The maximum absolute atomic E-state index is 12.0. The Kier molecular flexibility index (Phi) is 5.73. The van der Waals surface area contributed by atoms with Crippen LogP contribution < -0.4 is 11.1 Å². The molecule has 0 saturated heterocycles. The van der Waals surface area contributed by atoms with Crippen molar-refractivity contribution in [2.45, 2.75) is 12.6 Å². The van der Waals surface area contributed by atoms with Crippen LogP contribution in [0.3, 0.4) is 0 Å². The predicted molar refractivity (Wildman–Crippen MR) is 88.0 cm³/mol. The molecule has 2 rings (SSSR count). The molecule has 2 aromatic carbocycles. The number of hydrogen-bond donors (Lipinski definition) is 2. The Morgan fingerprint density at radius 2 is 1.96 bits per heavy atom. The highest BCUT2D eigenvalue weighted by molar-refractivity contribution is 6.31. The molecule has 0 bridgehead atoms. The quantitative estimate of drug-likeness (QED) is 0.796. The highest BCUT2D eigenvalue weighted by Gasteiger charge is 2.23. The van der Waals surface area contributed by atoms with Crippen LogP contribution in [0.15, 0.2) is 48.5 Å². The molecule has 0 aliphatic carbocycles. The molecule has 0 heterocycles. The van der Waals surface area contributed by atoms with Crippen LogP contribution in [0.2, 0.25) is 5.02 Å². The molecule has 0 saturated carbocycles. The van der Waals surface area contributed by atoms with Crippen LogP contribution in [0.1, 0.15) is 27.5 Å². The van der Waals surface area contributed by atoms with Crippen molar-refractivity contribution in [2.24, 2.45) is 5.73 Å². The third-order valence-electron chi connectivity index (χ3n) is 3.37. The van der Waals surface area contributed by atoms with Gasteiger partial charge < -0.3 is 10.5 Å². The lowest BCUT2D eigenvalue weighted by Gasteiger charge is -2.18. The molecule has 6 heteroatoms. The molecule has 0 spiro atoms. The van der Waals surface area contributed by atoms with Gasteiger partial charge in [-0.05, 0) is 29.3 Å². The van der Waals surface area contributed by atoms with Crippen LogP contribution in [0, 0.1) is 0 Å². The molecule has 1 amide bonds. The summed E-state index contributed by atoms with van der Waals surface area (Å²) in [6.45, 7) is 0.353. The number of methoxy groups -OCH3 is 1. The van der Waals surface area contributed by atoms with Crippen LogP contribution >= 0.6 is 11.6 Å². The Balaban J connectivity index is 2.20. The van der Waals surface area contributed by atoms with Gasteiger partial charge in [-0.1, -0.05) is 41.9 Å². The fourth-order valence-electron chi connectivity index (χ4n) is 2.20. The van der Waals surface area contributed by atoms with Gasteiger partial charge in [0.25, 0.3) is 0 Å². The molecular weight excluding hydrogens is 316 g/mol. The number of carbonyl (C=O) groups is 2. The Morgan fingerprint density at radius 3 is 2.61 bits per heavy atom. The second-order valence-electron chi connectivity index (χ2n) is 4.92. The van der Waals surface area contributed by atoms with Gasteiger partial charge in [-0.25, -0.2) is 4.79 Å². The van der Waals surface area contributed by atoms with Crippen molar-refractivity contribution in [1.82, 2.24) is 5.32 Å². The molecule has 2 aromatic rings. The molecule has 23 heavy (non-hydrogen) atoms. The first-order chi connectivity index (χ1) is 11.0. The summed E-state index contributed by atoms with van der Waals surface area (Å²) in [7, 11) is 1.32. The number of halogens is 1. The monoisotopic (exact) mass is 332 g/mol. The van der Waals surface area contributed by atoms with Gasteiger partial charge >= 0.3 is 5.97 Å². The smallest absolute Gasteiger partial charge is 0.327 e. The highest BCUT2D eigenvalue weighted by atomic mass is 35.5. The average Bonchev–Trinajstić information content (AvgIpc) is 2.56. The Morgan fingerprint density at radius 1 is 1.22 bits per heavy atom. The number of benzene rings is 2. The molecule has 1 unspecified atom stereocenters. The third kappa shape index (κ3) is 4.31. The van der Waals surface area contributed by atoms with Crippen LogP contribution in [0.4, 0.5) is 0 Å². The van der Waals surface area contributed by atoms with Gasteiger partial charge in [0.2, 0.25) is 5.91 Å². The summed E-state index contributed by atoms with van der Waals surface area (Å²) < 4.78 is 4.84. The minimum absolute atomic E-state index is 0.353. The van der Waals surface area contributed by atoms with E-state index < -0.39 is 17.9 Å². The van der Waals surface area contributed by atoms with Crippen molar-refractivity contribution < 1.29 is 14.3 Å². The van der Waals surface area contributed by atoms with Crippen LogP contribution in [0.25, 0.3) is 0 Å². The summed E-state index contributed by atoms with van der Waals surface area (Å²) in [6, 6.07) is 13.2. The number of nitrogens with two attached hydrogens (primary N) is 1. The van der Waals surface area contributed by atoms with Crippen molar-refractivity contribution in [3.05, 3.63) is 70.2 Å². The number of esters is 1. The van der Waals surface area contributed by atoms with Crippen molar-refractivity contribution in [3.8, 4) is 0 Å². The summed E-state index contributed by atoms with van der Waals surface area (Å²) in [5.41, 5.74) is 7.14. The number of hydrogen-bond acceptors (Lipinski definition) is 4. The summed E-state index contributed by atoms with van der Waals surface area (Å²) in [4.78, 5) is 23.3. The summed E-state index contributed by atoms with van der Waals surface area (Å²) in [5, 5.41) is 3.57. The topological polar surface area (TPSA) is 81.4 Å². The molecule has 0 aliphatic rings. The molecular formula is C17H17ClN2O3. The zero-order valence-corrected chi connectivity index (χ0v) is 13.3. The summed E-state index contributed by atoms with van der Waals surface area (Å²) in [5.74, 6) is -0.938. The number of ether oxygens (including phenoxy) is 1. The summed E-state index contributed by atoms with van der Waals surface area (Å²) >= 11 is 6.16. The van der Waals surface area contributed by atoms with Gasteiger partial charge in [-0.15, -0.1) is 0 Å². The second-order valence-corrected chi connectivity index (χ2v) is 5.33. The number of rotatable bonds is 6. The van der Waals surface area contributed by atoms with E-state index in [1.165, 1.54) is 7.11 Å². The fraction of sp³-hybridized carbons (Fsp3) is 0.176. The van der Waals surface area contributed by atoms with Gasteiger partial charge in [0.15, 0.2) is 0 Å². The van der Waals surface area contributed by atoms with Crippen LogP contribution in [0.5, 0.6) is 0 Å². The molecule has 0 aromatic heterocycles. The molecule has 0 aliphatic heterocycles. The van der Waals surface area contributed by atoms with Crippen molar-refractivity contribution in [1.29, 1.82) is 0 Å². The highest BCUT2D eigenvalue weighted by Crippen LogP contribution is 2.24. The lowest BCUT2D eigenvalue weighted by atomic mass is 10.1. The van der Waals surface area contributed by atoms with Gasteiger partial charge in [0.05, 0.1) is 7.11 Å². The predicted octanol–water partition coefficient (Wildman–Crippen LogP) is 2.44. The number of carbonyl (C=O) groups excluding carboxylic acids is 2. The Hall–Kier alpha value is -2.37. The first kappa shape index (κ1) is 17.0. The fourth-order valence-corrected chi connectivity index (χ4v) is 2.45. The van der Waals surface area contributed by atoms with Gasteiger partial charge in [-0.3, -0.25) is 10.1 Å². The number of amides is 1. The summed E-state index contributed by atoms with van der Waals surface area (Å²) in [6.07, 6.45) is 0. The largest absolute Gasteiger partial charge is 0.468 e. The van der Waals surface area contributed by atoms with E-state index in [4.69, 9.17) is 22.1 Å². The van der Waals surface area contributed by atoms with E-state index in [0.717, 1.165) is 5.56 Å². The van der Waals surface area contributed by atoms with Gasteiger partial charge in [-0.2, -0.15) is 0 Å². The molecule has 1 atom stereocenters. The van der Waals surface area contributed by atoms with Crippen LogP contribution in [-0.4, -0.2) is 19.0 Å². The molecule has 3 N–H and O–H groups in total. The Labute approximate surface area is 139 Å². The first-order valence-corrected chi connectivity index (χ1v) is 7.35. The molecule has 0 fully saturated rings. The van der Waals surface area contributed by atoms with E-state index in [-0.39, 0.29) is 0 Å². The molecule has 5 nitrogen and oxygen atoms in total. The molecule has 120 valence electrons. The SMILES string of the molecule is COC(=O)C(NCc1cccc(C(N)=O)c1)c1ccccc1Cl. The van der Waals surface area contributed by atoms with E-state index in [0.29, 0.717) is 22.7 Å². The minimum atomic E-state index is -0.703.